The molecule has 2 aromatic rings. The topological polar surface area (TPSA) is 55.7 Å². The van der Waals surface area contributed by atoms with Crippen molar-refractivity contribution in [2.75, 3.05) is 0 Å². The molecule has 0 aromatic carbocycles. The van der Waals surface area contributed by atoms with E-state index in [1.54, 1.807) is 24.5 Å². The number of hydrogen-bond donors (Lipinski definition) is 0. The Bertz CT molecular complexity index is 436. The van der Waals surface area contributed by atoms with E-state index in [2.05, 4.69) is 30.9 Å². The van der Waals surface area contributed by atoms with Gasteiger partial charge in [0.1, 0.15) is 6.29 Å². The molecule has 0 saturated carbocycles. The van der Waals surface area contributed by atoms with Crippen molar-refractivity contribution in [3.05, 3.63) is 54.4 Å². The lowest BCUT2D eigenvalue weighted by atomic mass is 10.0. The summed E-state index contributed by atoms with van der Waals surface area (Å²) in [4.78, 5) is 23.5. The molecular formula is C11H8BrN3O. The predicted octanol–water partition coefficient (Wildman–Crippen LogP) is 1.71. The second-order valence-corrected chi connectivity index (χ2v) is 4.39. The third-order valence-corrected chi connectivity index (χ3v) is 3.14. The molecule has 0 fully saturated rings. The molecule has 0 amide bonds. The lowest BCUT2D eigenvalue weighted by Gasteiger charge is -2.18. The van der Waals surface area contributed by atoms with Crippen molar-refractivity contribution in [2.45, 2.75) is 4.32 Å². The van der Waals surface area contributed by atoms with Crippen LogP contribution in [0.5, 0.6) is 0 Å². The Morgan fingerprint density at radius 1 is 1.12 bits per heavy atom. The zero-order valence-electron chi connectivity index (χ0n) is 8.25. The molecular weight excluding hydrogens is 270 g/mol. The Labute approximate surface area is 101 Å². The molecule has 4 nitrogen and oxygen atoms in total. The summed E-state index contributed by atoms with van der Waals surface area (Å²) >= 11 is 3.37. The maximum Gasteiger partial charge on any atom is 0.166 e. The van der Waals surface area contributed by atoms with Gasteiger partial charge in [-0.25, -0.2) is 0 Å². The molecule has 2 heterocycles. The van der Waals surface area contributed by atoms with E-state index in [1.807, 2.05) is 6.07 Å². The molecule has 0 bridgehead atoms. The molecule has 80 valence electrons. The van der Waals surface area contributed by atoms with Crippen LogP contribution in [0.1, 0.15) is 11.4 Å². The highest BCUT2D eigenvalue weighted by Crippen LogP contribution is 2.33. The van der Waals surface area contributed by atoms with Crippen LogP contribution in [0.25, 0.3) is 0 Å². The first-order chi connectivity index (χ1) is 7.77. The second kappa shape index (κ2) is 4.49. The quantitative estimate of drug-likeness (QED) is 0.633. The van der Waals surface area contributed by atoms with E-state index < -0.39 is 4.32 Å². The predicted molar refractivity (Wildman–Crippen MR) is 62.0 cm³/mol. The highest BCUT2D eigenvalue weighted by Gasteiger charge is 2.34. The van der Waals surface area contributed by atoms with Gasteiger partial charge < -0.3 is 4.79 Å². The zero-order valence-corrected chi connectivity index (χ0v) is 9.83. The van der Waals surface area contributed by atoms with Crippen LogP contribution in [0, 0.1) is 0 Å². The molecule has 0 unspecified atom stereocenters. The van der Waals surface area contributed by atoms with Gasteiger partial charge in [0.2, 0.25) is 0 Å². The van der Waals surface area contributed by atoms with Crippen molar-refractivity contribution in [3.8, 4) is 0 Å². The van der Waals surface area contributed by atoms with Crippen molar-refractivity contribution in [1.29, 1.82) is 0 Å². The van der Waals surface area contributed by atoms with E-state index in [-0.39, 0.29) is 0 Å². The van der Waals surface area contributed by atoms with Crippen LogP contribution in [0.2, 0.25) is 0 Å². The van der Waals surface area contributed by atoms with Gasteiger partial charge in [-0.1, -0.05) is 22.0 Å². The van der Waals surface area contributed by atoms with Crippen LogP contribution in [0.15, 0.2) is 43.0 Å². The van der Waals surface area contributed by atoms with E-state index in [4.69, 9.17) is 0 Å². The number of hydrogen-bond acceptors (Lipinski definition) is 4. The highest BCUT2D eigenvalue weighted by atomic mass is 79.9. The number of halogens is 1. The number of alkyl halides is 1. The van der Waals surface area contributed by atoms with Crippen molar-refractivity contribution in [1.82, 2.24) is 15.0 Å². The first kappa shape index (κ1) is 10.9. The van der Waals surface area contributed by atoms with E-state index in [1.165, 1.54) is 12.4 Å². The van der Waals surface area contributed by atoms with Crippen LogP contribution >= 0.6 is 15.9 Å². The monoisotopic (exact) mass is 277 g/mol. The van der Waals surface area contributed by atoms with Gasteiger partial charge in [-0.3, -0.25) is 15.0 Å². The minimum absolute atomic E-state index is 0.517. The standard InChI is InChI=1S/C11H8BrN3O/c12-11(8-16,9-3-1-2-4-14-9)10-7-13-5-6-15-10/h1-8H/t11-/m0/s1. The van der Waals surface area contributed by atoms with Crippen LogP contribution in [0.4, 0.5) is 0 Å². The summed E-state index contributed by atoms with van der Waals surface area (Å²) < 4.78 is -1.03. The molecule has 2 aromatic heterocycles. The lowest BCUT2D eigenvalue weighted by molar-refractivity contribution is -0.109. The first-order valence-corrected chi connectivity index (χ1v) is 5.40. The Balaban J connectivity index is 2.53. The Kier molecular flexibility index (Phi) is 3.05. The van der Waals surface area contributed by atoms with E-state index in [0.29, 0.717) is 11.4 Å². The number of pyridine rings is 1. The smallest absolute Gasteiger partial charge is 0.166 e. The molecule has 2 rings (SSSR count). The number of nitrogens with zero attached hydrogens (tertiary/aromatic N) is 3. The average Bonchev–Trinajstić information content (AvgIpc) is 2.40. The van der Waals surface area contributed by atoms with Gasteiger partial charge in [0, 0.05) is 18.6 Å². The summed E-state index contributed by atoms with van der Waals surface area (Å²) in [7, 11) is 0. The van der Waals surface area contributed by atoms with Gasteiger partial charge in [0.25, 0.3) is 0 Å². The summed E-state index contributed by atoms with van der Waals surface area (Å²) in [6.45, 7) is 0. The number of carbonyl (C=O) groups excluding carboxylic acids is 1. The molecule has 0 radical (unpaired) electrons. The largest absolute Gasteiger partial charge is 0.301 e. The van der Waals surface area contributed by atoms with Gasteiger partial charge in [0.05, 0.1) is 17.6 Å². The van der Waals surface area contributed by atoms with Crippen LogP contribution in [0.3, 0.4) is 0 Å². The summed E-state index contributed by atoms with van der Waals surface area (Å²) in [5.41, 5.74) is 1.11. The summed E-state index contributed by atoms with van der Waals surface area (Å²) in [5, 5.41) is 0. The van der Waals surface area contributed by atoms with E-state index in [9.17, 15) is 4.79 Å². The van der Waals surface area contributed by atoms with Crippen molar-refractivity contribution in [2.24, 2.45) is 0 Å². The van der Waals surface area contributed by atoms with Gasteiger partial charge in [-0.15, -0.1) is 0 Å². The van der Waals surface area contributed by atoms with Crippen molar-refractivity contribution < 1.29 is 4.79 Å². The summed E-state index contributed by atoms with van der Waals surface area (Å²) in [6, 6.07) is 5.37. The fraction of sp³-hybridized carbons (Fsp3) is 0.0909. The number of aromatic nitrogens is 3. The van der Waals surface area contributed by atoms with Crippen LogP contribution < -0.4 is 0 Å². The average molecular weight is 278 g/mol. The number of carbonyl (C=O) groups is 1. The summed E-state index contributed by atoms with van der Waals surface area (Å²) in [6.07, 6.45) is 7.03. The zero-order chi connectivity index (χ0) is 11.4. The van der Waals surface area contributed by atoms with Crippen LogP contribution in [-0.4, -0.2) is 21.2 Å². The van der Waals surface area contributed by atoms with Gasteiger partial charge in [0.15, 0.2) is 4.32 Å². The number of aldehydes is 1. The molecule has 0 aliphatic heterocycles. The molecule has 1 atom stereocenters. The molecule has 16 heavy (non-hydrogen) atoms. The second-order valence-electron chi connectivity index (χ2n) is 3.14. The van der Waals surface area contributed by atoms with Gasteiger partial charge >= 0.3 is 0 Å². The van der Waals surface area contributed by atoms with Gasteiger partial charge in [-0.2, -0.15) is 0 Å². The molecule has 0 N–H and O–H groups in total. The third-order valence-electron chi connectivity index (χ3n) is 2.14. The normalized spacial score (nSPS) is 14.1. The third kappa shape index (κ3) is 1.86. The van der Waals surface area contributed by atoms with Crippen molar-refractivity contribution >= 4 is 22.2 Å². The SMILES string of the molecule is O=C[C@](Br)(c1ccccn1)c1cnccn1. The minimum atomic E-state index is -1.03. The van der Waals surface area contributed by atoms with E-state index >= 15 is 0 Å². The Hall–Kier alpha value is -1.62. The number of rotatable bonds is 3. The minimum Gasteiger partial charge on any atom is -0.301 e. The molecule has 0 aliphatic carbocycles. The molecule has 0 spiro atoms. The maximum atomic E-state index is 11.3. The maximum absolute atomic E-state index is 11.3. The highest BCUT2D eigenvalue weighted by molar-refractivity contribution is 9.10. The molecule has 0 aliphatic rings. The lowest BCUT2D eigenvalue weighted by Crippen LogP contribution is -2.24. The Morgan fingerprint density at radius 3 is 2.50 bits per heavy atom. The Morgan fingerprint density at radius 2 is 1.94 bits per heavy atom. The molecule has 0 saturated heterocycles. The van der Waals surface area contributed by atoms with Crippen molar-refractivity contribution in [3.63, 3.8) is 0 Å². The fourth-order valence-electron chi connectivity index (χ4n) is 1.32. The van der Waals surface area contributed by atoms with Gasteiger partial charge in [-0.05, 0) is 12.1 Å². The summed E-state index contributed by atoms with van der Waals surface area (Å²) in [5.74, 6) is 0. The molecule has 5 heteroatoms. The van der Waals surface area contributed by atoms with Crippen LogP contribution in [-0.2, 0) is 9.12 Å². The fourth-order valence-corrected chi connectivity index (χ4v) is 1.76. The first-order valence-electron chi connectivity index (χ1n) is 4.60. The van der Waals surface area contributed by atoms with E-state index in [0.717, 1.165) is 6.29 Å².